The SMILES string of the molecule is C=CCN1C(=O)/C(=C2\SC(=S)N(CCC(=O)O)C2=O)c2cc(Br)ccc21.O=C(N/N=C/c1cccc(O)c1O)c1ccc(Br)cc1. The van der Waals surface area contributed by atoms with Gasteiger partial charge in [-0.1, -0.05) is 68.0 Å². The number of carbonyl (C=O) groups is 4. The molecule has 0 saturated carbocycles. The number of thioether (sulfide) groups is 1. The fourth-order valence-corrected chi connectivity index (χ4v) is 6.27. The van der Waals surface area contributed by atoms with Crippen molar-refractivity contribution in [3.8, 4) is 11.5 Å². The lowest BCUT2D eigenvalue weighted by atomic mass is 10.1. The summed E-state index contributed by atoms with van der Waals surface area (Å²) in [5, 5.41) is 31.4. The molecule has 236 valence electrons. The number of rotatable bonds is 8. The number of benzene rings is 3. The van der Waals surface area contributed by atoms with Gasteiger partial charge in [0.05, 0.1) is 28.8 Å². The van der Waals surface area contributed by atoms with E-state index in [-0.39, 0.29) is 45.5 Å². The largest absolute Gasteiger partial charge is 0.504 e. The Bertz CT molecular complexity index is 1810. The fraction of sp³-hybridized carbons (Fsp3) is 0.0968. The monoisotopic (exact) mass is 786 g/mol. The van der Waals surface area contributed by atoms with Crippen molar-refractivity contribution >= 4 is 101 Å². The number of phenolic OH excluding ortho intramolecular Hbond substituents is 2. The number of nitrogens with one attached hydrogen (secondary N) is 1. The molecule has 3 aromatic carbocycles. The molecule has 11 nitrogen and oxygen atoms in total. The molecular weight excluding hydrogens is 764 g/mol. The number of carboxylic acid groups (broad SMARTS) is 1. The molecule has 0 atom stereocenters. The van der Waals surface area contributed by atoms with Gasteiger partial charge in [-0.05, 0) is 54.6 Å². The number of hydrazone groups is 1. The molecule has 46 heavy (non-hydrogen) atoms. The standard InChI is InChI=1S/C17H13BrN2O4S2.C14H11BrN2O3/c1-2-6-19-11-4-3-9(18)8-10(11)13(15(19)23)14-16(24)20(17(25)26-14)7-5-12(21)22;15-11-6-4-9(5-7-11)14(20)17-16-8-10-2-1-3-12(18)13(10)19/h2-4,8H,1,5-7H2,(H,21,22);1-8,18-19H,(H,17,20)/b14-13-;16-8+. The van der Waals surface area contributed by atoms with Crippen LogP contribution in [0.3, 0.4) is 0 Å². The van der Waals surface area contributed by atoms with Crippen LogP contribution in [0.2, 0.25) is 0 Å². The highest BCUT2D eigenvalue weighted by atomic mass is 79.9. The Kier molecular flexibility index (Phi) is 11.5. The summed E-state index contributed by atoms with van der Waals surface area (Å²) in [6.07, 6.45) is 2.66. The van der Waals surface area contributed by atoms with E-state index in [2.05, 4.69) is 49.0 Å². The van der Waals surface area contributed by atoms with Crippen molar-refractivity contribution < 1.29 is 34.5 Å². The van der Waals surface area contributed by atoms with Gasteiger partial charge in [0.15, 0.2) is 11.5 Å². The number of carbonyl (C=O) groups excluding carboxylic acids is 3. The number of fused-ring (bicyclic) bond motifs is 1. The average molecular weight is 788 g/mol. The Morgan fingerprint density at radius 3 is 2.37 bits per heavy atom. The molecule has 1 saturated heterocycles. The highest BCUT2D eigenvalue weighted by molar-refractivity contribution is 9.10. The summed E-state index contributed by atoms with van der Waals surface area (Å²) < 4.78 is 1.91. The average Bonchev–Trinajstić information content (AvgIpc) is 3.44. The molecule has 1 fully saturated rings. The van der Waals surface area contributed by atoms with Crippen molar-refractivity contribution in [3.63, 3.8) is 0 Å². The number of aromatic hydroxyl groups is 2. The number of anilines is 1. The van der Waals surface area contributed by atoms with Gasteiger partial charge in [0.2, 0.25) is 0 Å². The number of aliphatic carboxylic acids is 1. The molecule has 2 heterocycles. The first-order valence-electron chi connectivity index (χ1n) is 13.2. The number of thiocarbonyl (C=S) groups is 1. The van der Waals surface area contributed by atoms with Gasteiger partial charge in [0, 0.05) is 38.7 Å². The normalized spacial score (nSPS) is 15.6. The maximum atomic E-state index is 13.0. The fourth-order valence-electron chi connectivity index (χ4n) is 4.26. The van der Waals surface area contributed by atoms with Crippen LogP contribution in [0.1, 0.15) is 27.9 Å². The summed E-state index contributed by atoms with van der Waals surface area (Å²) in [6, 6.07) is 16.7. The van der Waals surface area contributed by atoms with Gasteiger partial charge in [-0.2, -0.15) is 5.10 Å². The van der Waals surface area contributed by atoms with E-state index in [1.165, 1.54) is 17.2 Å². The first kappa shape index (κ1) is 34.6. The molecule has 2 aliphatic heterocycles. The molecule has 15 heteroatoms. The molecule has 0 spiro atoms. The number of hydrogen-bond donors (Lipinski definition) is 4. The van der Waals surface area contributed by atoms with Crippen molar-refractivity contribution in [1.82, 2.24) is 10.3 Å². The number of phenols is 2. The van der Waals surface area contributed by atoms with E-state index in [1.807, 2.05) is 6.07 Å². The molecule has 3 aromatic rings. The summed E-state index contributed by atoms with van der Waals surface area (Å²) in [5.41, 5.74) is 4.74. The van der Waals surface area contributed by atoms with Crippen LogP contribution in [0.15, 0.2) is 92.3 Å². The number of halogens is 2. The second-order valence-electron chi connectivity index (χ2n) is 9.46. The Hall–Kier alpha value is -4.31. The topological polar surface area (TPSA) is 160 Å². The highest BCUT2D eigenvalue weighted by Crippen LogP contribution is 2.45. The molecule has 5 rings (SSSR count). The Balaban J connectivity index is 0.000000216. The first-order valence-corrected chi connectivity index (χ1v) is 16.1. The molecule has 2 aliphatic rings. The molecular formula is C31H24Br2N4O7S2. The van der Waals surface area contributed by atoms with Gasteiger partial charge >= 0.3 is 5.97 Å². The van der Waals surface area contributed by atoms with Gasteiger partial charge < -0.3 is 20.2 Å². The first-order chi connectivity index (χ1) is 21.9. The second kappa shape index (κ2) is 15.3. The van der Waals surface area contributed by atoms with Crippen LogP contribution in [-0.4, -0.2) is 67.5 Å². The van der Waals surface area contributed by atoms with Crippen molar-refractivity contribution in [3.05, 3.63) is 104 Å². The van der Waals surface area contributed by atoms with Crippen LogP contribution in [0, 0.1) is 0 Å². The van der Waals surface area contributed by atoms with E-state index in [0.29, 0.717) is 34.5 Å². The smallest absolute Gasteiger partial charge is 0.305 e. The maximum Gasteiger partial charge on any atom is 0.305 e. The molecule has 0 bridgehead atoms. The number of carboxylic acids is 1. The zero-order valence-corrected chi connectivity index (χ0v) is 28.5. The van der Waals surface area contributed by atoms with E-state index in [0.717, 1.165) is 20.7 Å². The van der Waals surface area contributed by atoms with Gasteiger partial charge in [-0.3, -0.25) is 24.1 Å². The number of para-hydroxylation sites is 1. The lowest BCUT2D eigenvalue weighted by Gasteiger charge is -2.14. The van der Waals surface area contributed by atoms with Gasteiger partial charge in [0.25, 0.3) is 17.7 Å². The van der Waals surface area contributed by atoms with E-state index in [9.17, 15) is 29.4 Å². The summed E-state index contributed by atoms with van der Waals surface area (Å²) in [5.74, 6) is -2.64. The van der Waals surface area contributed by atoms with E-state index in [4.69, 9.17) is 17.3 Å². The van der Waals surface area contributed by atoms with Crippen LogP contribution in [-0.2, 0) is 14.4 Å². The van der Waals surface area contributed by atoms with Gasteiger partial charge in [0.1, 0.15) is 4.32 Å². The third kappa shape index (κ3) is 7.91. The van der Waals surface area contributed by atoms with E-state index < -0.39 is 11.9 Å². The highest BCUT2D eigenvalue weighted by Gasteiger charge is 2.41. The van der Waals surface area contributed by atoms with Crippen LogP contribution in [0.4, 0.5) is 5.69 Å². The molecule has 0 aliphatic carbocycles. The minimum Gasteiger partial charge on any atom is -0.504 e. The van der Waals surface area contributed by atoms with Crippen LogP contribution in [0.25, 0.3) is 5.57 Å². The van der Waals surface area contributed by atoms with Crippen molar-refractivity contribution in [2.24, 2.45) is 5.10 Å². The zero-order valence-electron chi connectivity index (χ0n) is 23.6. The van der Waals surface area contributed by atoms with Crippen molar-refractivity contribution in [2.45, 2.75) is 6.42 Å². The lowest BCUT2D eigenvalue weighted by molar-refractivity contribution is -0.137. The molecule has 4 N–H and O–H groups in total. The summed E-state index contributed by atoms with van der Waals surface area (Å²) in [7, 11) is 0. The number of hydrogen-bond acceptors (Lipinski definition) is 9. The quantitative estimate of drug-likeness (QED) is 0.0565. The van der Waals surface area contributed by atoms with Crippen LogP contribution < -0.4 is 10.3 Å². The summed E-state index contributed by atoms with van der Waals surface area (Å²) >= 11 is 12.9. The third-order valence-corrected chi connectivity index (χ3v) is 8.91. The summed E-state index contributed by atoms with van der Waals surface area (Å²) in [4.78, 5) is 51.3. The van der Waals surface area contributed by atoms with Crippen LogP contribution in [0.5, 0.6) is 11.5 Å². The Morgan fingerprint density at radius 1 is 1.00 bits per heavy atom. The van der Waals surface area contributed by atoms with Gasteiger partial charge in [-0.15, -0.1) is 6.58 Å². The minimum atomic E-state index is -1.02. The Morgan fingerprint density at radius 2 is 1.70 bits per heavy atom. The maximum absolute atomic E-state index is 13.0. The molecule has 0 aromatic heterocycles. The lowest BCUT2D eigenvalue weighted by Crippen LogP contribution is -2.31. The van der Waals surface area contributed by atoms with Gasteiger partial charge in [-0.25, -0.2) is 5.43 Å². The zero-order chi connectivity index (χ0) is 33.5. The minimum absolute atomic E-state index is 0.0211. The number of amides is 3. The second-order valence-corrected chi connectivity index (χ2v) is 12.9. The van der Waals surface area contributed by atoms with Crippen LogP contribution >= 0.6 is 55.8 Å². The number of nitrogens with zero attached hydrogens (tertiary/aromatic N) is 3. The van der Waals surface area contributed by atoms with Crippen molar-refractivity contribution in [2.75, 3.05) is 18.0 Å². The Labute approximate surface area is 289 Å². The third-order valence-electron chi connectivity index (χ3n) is 6.44. The van der Waals surface area contributed by atoms with E-state index in [1.54, 1.807) is 59.5 Å². The predicted octanol–water partition coefficient (Wildman–Crippen LogP) is 5.65. The van der Waals surface area contributed by atoms with E-state index >= 15 is 0 Å². The molecule has 3 amide bonds. The molecule has 0 unspecified atom stereocenters. The molecule has 0 radical (unpaired) electrons. The summed E-state index contributed by atoms with van der Waals surface area (Å²) in [6.45, 7) is 3.97. The predicted molar refractivity (Wildman–Crippen MR) is 187 cm³/mol. The van der Waals surface area contributed by atoms with Crippen molar-refractivity contribution in [1.29, 1.82) is 0 Å².